The van der Waals surface area contributed by atoms with E-state index in [-0.39, 0.29) is 30.9 Å². The summed E-state index contributed by atoms with van der Waals surface area (Å²) in [5, 5.41) is 0. The molecule has 0 radical (unpaired) electrons. The predicted octanol–water partition coefficient (Wildman–Crippen LogP) is 1.04. The third kappa shape index (κ3) is 1.17. The van der Waals surface area contributed by atoms with Gasteiger partial charge in [-0.1, -0.05) is 0 Å². The Balaban J connectivity index is 2.02. The lowest BCUT2D eigenvalue weighted by Gasteiger charge is -2.34. The number of esters is 1. The third-order valence-electron chi connectivity index (χ3n) is 4.49. The normalized spacial score (nSPS) is 37.4. The molecule has 0 N–H and O–H groups in total. The molecule has 2 aliphatic heterocycles. The minimum absolute atomic E-state index is 0.0550. The van der Waals surface area contributed by atoms with Gasteiger partial charge >= 0.3 is 5.97 Å². The maximum atomic E-state index is 13.6. The topological polar surface area (TPSA) is 46.6 Å². The Morgan fingerprint density at radius 2 is 2.29 bits per heavy atom. The van der Waals surface area contributed by atoms with Crippen molar-refractivity contribution in [1.29, 1.82) is 0 Å². The molecule has 0 aromatic carbocycles. The highest BCUT2D eigenvalue weighted by atomic mass is 19.1. The Morgan fingerprint density at radius 3 is 2.88 bits per heavy atom. The van der Waals surface area contributed by atoms with E-state index < -0.39 is 17.7 Å². The molecule has 4 nitrogen and oxygen atoms in total. The van der Waals surface area contributed by atoms with Gasteiger partial charge in [0.05, 0.1) is 13.2 Å². The summed E-state index contributed by atoms with van der Waals surface area (Å²) >= 11 is 0. The van der Waals surface area contributed by atoms with Gasteiger partial charge in [0, 0.05) is 18.3 Å². The lowest BCUT2D eigenvalue weighted by molar-refractivity contribution is -0.160. The Labute approximate surface area is 99.1 Å². The molecule has 0 unspecified atom stereocenters. The number of hydrogen-bond acceptors (Lipinski definition) is 3. The van der Waals surface area contributed by atoms with E-state index in [4.69, 9.17) is 4.74 Å². The van der Waals surface area contributed by atoms with Crippen molar-refractivity contribution in [2.45, 2.75) is 44.3 Å². The van der Waals surface area contributed by atoms with E-state index in [2.05, 4.69) is 0 Å². The third-order valence-corrected chi connectivity index (χ3v) is 4.49. The first kappa shape index (κ1) is 11.0. The molecule has 0 aromatic heterocycles. The average Bonchev–Trinajstić information content (AvgIpc) is 2.89. The van der Waals surface area contributed by atoms with Crippen LogP contribution in [0.5, 0.6) is 0 Å². The number of amides is 1. The number of hydrogen-bond donors (Lipinski definition) is 0. The highest BCUT2D eigenvalue weighted by molar-refractivity contribution is 5.95. The molecule has 0 bridgehead atoms. The zero-order valence-corrected chi connectivity index (χ0v) is 9.87. The van der Waals surface area contributed by atoms with Gasteiger partial charge in [-0.05, 0) is 19.8 Å². The van der Waals surface area contributed by atoms with E-state index >= 15 is 0 Å². The van der Waals surface area contributed by atoms with Crippen LogP contribution >= 0.6 is 0 Å². The van der Waals surface area contributed by atoms with Crippen LogP contribution in [0.4, 0.5) is 4.39 Å². The summed E-state index contributed by atoms with van der Waals surface area (Å²) in [6, 6.07) is 0. The number of ether oxygens (including phenoxy) is 1. The summed E-state index contributed by atoms with van der Waals surface area (Å²) in [5.74, 6) is -0.487. The standard InChI is InChI=1S/C12H16FNO3/c1-2-17-10(16)12-5-8(13)7-14(12)9(15)6-11(12)3-4-11/h8H,2-7H2,1H3/t8-,12-/m0/s1. The quantitative estimate of drug-likeness (QED) is 0.679. The van der Waals surface area contributed by atoms with Crippen molar-refractivity contribution in [2.24, 2.45) is 5.41 Å². The fourth-order valence-corrected chi connectivity index (χ4v) is 3.60. The summed E-state index contributed by atoms with van der Waals surface area (Å²) in [4.78, 5) is 25.6. The number of halogens is 1. The molecule has 3 fully saturated rings. The van der Waals surface area contributed by atoms with E-state index in [0.29, 0.717) is 6.42 Å². The lowest BCUT2D eigenvalue weighted by atomic mass is 9.79. The highest BCUT2D eigenvalue weighted by Crippen LogP contribution is 2.66. The van der Waals surface area contributed by atoms with Crippen molar-refractivity contribution in [3.05, 3.63) is 0 Å². The van der Waals surface area contributed by atoms with E-state index in [9.17, 15) is 14.0 Å². The van der Waals surface area contributed by atoms with Crippen LogP contribution < -0.4 is 0 Å². The summed E-state index contributed by atoms with van der Waals surface area (Å²) in [5.41, 5.74) is -1.31. The number of carbonyl (C=O) groups excluding carboxylic acids is 2. The summed E-state index contributed by atoms with van der Waals surface area (Å²) in [7, 11) is 0. The van der Waals surface area contributed by atoms with Crippen LogP contribution in [-0.4, -0.2) is 41.6 Å². The van der Waals surface area contributed by atoms with Crippen molar-refractivity contribution in [3.8, 4) is 0 Å². The average molecular weight is 241 g/mol. The summed E-state index contributed by atoms with van der Waals surface area (Å²) in [6.07, 6.45) is 1.08. The Kier molecular flexibility index (Phi) is 2.07. The van der Waals surface area contributed by atoms with Gasteiger partial charge in [-0.25, -0.2) is 9.18 Å². The molecule has 0 aromatic rings. The first-order valence-electron chi connectivity index (χ1n) is 6.17. The van der Waals surface area contributed by atoms with Crippen LogP contribution in [0.15, 0.2) is 0 Å². The van der Waals surface area contributed by atoms with Crippen molar-refractivity contribution in [3.63, 3.8) is 0 Å². The Morgan fingerprint density at radius 1 is 1.59 bits per heavy atom. The summed E-state index contributed by atoms with van der Waals surface area (Å²) < 4.78 is 18.7. The van der Waals surface area contributed by atoms with Crippen LogP contribution in [0.3, 0.4) is 0 Å². The minimum Gasteiger partial charge on any atom is -0.464 e. The number of fused-ring (bicyclic) bond motifs is 2. The predicted molar refractivity (Wildman–Crippen MR) is 56.9 cm³/mol. The molecule has 1 amide bonds. The van der Waals surface area contributed by atoms with Crippen LogP contribution in [0.2, 0.25) is 0 Å². The second kappa shape index (κ2) is 3.21. The molecule has 3 rings (SSSR count). The van der Waals surface area contributed by atoms with E-state index in [1.54, 1.807) is 6.92 Å². The van der Waals surface area contributed by atoms with Gasteiger partial charge in [0.1, 0.15) is 11.7 Å². The van der Waals surface area contributed by atoms with Gasteiger partial charge in [0.25, 0.3) is 0 Å². The molecule has 1 aliphatic carbocycles. The van der Waals surface area contributed by atoms with Crippen molar-refractivity contribution in [2.75, 3.05) is 13.2 Å². The molecule has 2 heterocycles. The molecule has 1 saturated carbocycles. The monoisotopic (exact) mass is 241 g/mol. The van der Waals surface area contributed by atoms with Crippen LogP contribution in [0, 0.1) is 5.41 Å². The molecule has 3 aliphatic rings. The van der Waals surface area contributed by atoms with Gasteiger partial charge in [-0.2, -0.15) is 0 Å². The van der Waals surface area contributed by atoms with Crippen LogP contribution in [0.1, 0.15) is 32.6 Å². The zero-order valence-electron chi connectivity index (χ0n) is 9.87. The smallest absolute Gasteiger partial charge is 0.332 e. The SMILES string of the molecule is CCOC(=O)[C@]12C[C@H](F)CN1C(=O)CC21CC1. The molecular formula is C12H16FNO3. The molecule has 2 saturated heterocycles. The van der Waals surface area contributed by atoms with Gasteiger partial charge in [0.2, 0.25) is 5.91 Å². The Hall–Kier alpha value is -1.13. The fraction of sp³-hybridized carbons (Fsp3) is 0.833. The van der Waals surface area contributed by atoms with Gasteiger partial charge < -0.3 is 9.64 Å². The van der Waals surface area contributed by atoms with Crippen LogP contribution in [0.25, 0.3) is 0 Å². The van der Waals surface area contributed by atoms with E-state index in [1.807, 2.05) is 0 Å². The number of nitrogens with zero attached hydrogens (tertiary/aromatic N) is 1. The maximum Gasteiger partial charge on any atom is 0.332 e. The molecule has 5 heteroatoms. The molecular weight excluding hydrogens is 225 g/mol. The van der Waals surface area contributed by atoms with Crippen molar-refractivity contribution < 1.29 is 18.7 Å². The number of carbonyl (C=O) groups is 2. The Bertz CT molecular complexity index is 393. The fourth-order valence-electron chi connectivity index (χ4n) is 3.60. The minimum atomic E-state index is -1.10. The van der Waals surface area contributed by atoms with Crippen molar-refractivity contribution >= 4 is 11.9 Å². The first-order valence-corrected chi connectivity index (χ1v) is 6.17. The largest absolute Gasteiger partial charge is 0.464 e. The molecule has 17 heavy (non-hydrogen) atoms. The number of alkyl halides is 1. The molecule has 1 spiro atoms. The van der Waals surface area contributed by atoms with Gasteiger partial charge in [-0.15, -0.1) is 0 Å². The molecule has 94 valence electrons. The van der Waals surface area contributed by atoms with Crippen LogP contribution in [-0.2, 0) is 14.3 Å². The van der Waals surface area contributed by atoms with E-state index in [1.165, 1.54) is 4.90 Å². The second-order valence-corrected chi connectivity index (χ2v) is 5.34. The first-order chi connectivity index (χ1) is 8.06. The lowest BCUT2D eigenvalue weighted by Crippen LogP contribution is -2.53. The number of rotatable bonds is 2. The second-order valence-electron chi connectivity index (χ2n) is 5.34. The van der Waals surface area contributed by atoms with Gasteiger partial charge in [-0.3, -0.25) is 4.79 Å². The van der Waals surface area contributed by atoms with Gasteiger partial charge in [0.15, 0.2) is 0 Å². The van der Waals surface area contributed by atoms with E-state index in [0.717, 1.165) is 12.8 Å². The maximum absolute atomic E-state index is 13.6. The summed E-state index contributed by atoms with van der Waals surface area (Å²) in [6.45, 7) is 2.06. The zero-order chi connectivity index (χ0) is 12.3. The van der Waals surface area contributed by atoms with Crippen molar-refractivity contribution in [1.82, 2.24) is 4.90 Å². The highest BCUT2D eigenvalue weighted by Gasteiger charge is 2.75. The molecule has 2 atom stereocenters.